The zero-order chi connectivity index (χ0) is 21.3. The minimum Gasteiger partial charge on any atom is -0.335 e. The van der Waals surface area contributed by atoms with Crippen molar-refractivity contribution in [1.82, 2.24) is 25.2 Å². The second-order valence-corrected chi connectivity index (χ2v) is 6.95. The van der Waals surface area contributed by atoms with Gasteiger partial charge in [-0.3, -0.25) is 25.2 Å². The summed E-state index contributed by atoms with van der Waals surface area (Å²) in [5.41, 5.74) is 6.56. The van der Waals surface area contributed by atoms with Crippen LogP contribution in [0.4, 0.5) is 0 Å². The van der Waals surface area contributed by atoms with E-state index in [1.54, 1.807) is 31.2 Å². The molecule has 4 rings (SSSR count). The van der Waals surface area contributed by atoms with Crippen molar-refractivity contribution in [2.45, 2.75) is 26.9 Å². The van der Waals surface area contributed by atoms with Gasteiger partial charge >= 0.3 is 0 Å². The Hall–Kier alpha value is -3.94. The third-order valence-corrected chi connectivity index (χ3v) is 5.02. The first-order chi connectivity index (χ1) is 14.5. The summed E-state index contributed by atoms with van der Waals surface area (Å²) in [5.74, 6) is -0.961. The number of para-hydroxylation sites is 1. The molecule has 0 unspecified atom stereocenters. The molecule has 2 heterocycles. The van der Waals surface area contributed by atoms with Crippen LogP contribution in [0.2, 0.25) is 0 Å². The molecule has 0 atom stereocenters. The number of benzene rings is 2. The Kier molecular flexibility index (Phi) is 5.05. The lowest BCUT2D eigenvalue weighted by molar-refractivity contribution is -0.122. The van der Waals surface area contributed by atoms with Crippen LogP contribution >= 0.6 is 0 Å². The van der Waals surface area contributed by atoms with Crippen molar-refractivity contribution in [2.24, 2.45) is 0 Å². The van der Waals surface area contributed by atoms with E-state index in [0.29, 0.717) is 17.3 Å². The van der Waals surface area contributed by atoms with Crippen molar-refractivity contribution in [3.63, 3.8) is 0 Å². The number of amides is 2. The Morgan fingerprint density at radius 2 is 1.70 bits per heavy atom. The standard InChI is InChI=1S/C22H21N5O3/c1-3-27-22(30)17-10-6-5-9-16(17)20(25-27)21(29)24-23-19(28)13-26-14(2)12-15-8-4-7-11-18(15)26/h4-12H,3,13H2,1-2H3,(H,23,28)(H,24,29). The summed E-state index contributed by atoms with van der Waals surface area (Å²) in [6.45, 7) is 4.09. The monoisotopic (exact) mass is 403 g/mol. The molecule has 0 aliphatic heterocycles. The second-order valence-electron chi connectivity index (χ2n) is 6.95. The second kappa shape index (κ2) is 7.82. The molecule has 2 aromatic carbocycles. The molecule has 0 saturated heterocycles. The van der Waals surface area contributed by atoms with E-state index < -0.39 is 5.91 Å². The number of carbonyl (C=O) groups excluding carboxylic acids is 2. The first-order valence-corrected chi connectivity index (χ1v) is 9.63. The molecule has 0 saturated carbocycles. The summed E-state index contributed by atoms with van der Waals surface area (Å²) in [6.07, 6.45) is 0. The molecule has 0 fully saturated rings. The van der Waals surface area contributed by atoms with Gasteiger partial charge < -0.3 is 4.57 Å². The highest BCUT2D eigenvalue weighted by Crippen LogP contribution is 2.19. The molecule has 0 aliphatic rings. The van der Waals surface area contributed by atoms with Gasteiger partial charge in [0.2, 0.25) is 0 Å². The summed E-state index contributed by atoms with van der Waals surface area (Å²) in [7, 11) is 0. The molecule has 0 aliphatic carbocycles. The van der Waals surface area contributed by atoms with E-state index in [1.807, 2.05) is 41.8 Å². The fraction of sp³-hybridized carbons (Fsp3) is 0.182. The summed E-state index contributed by atoms with van der Waals surface area (Å²) >= 11 is 0. The lowest BCUT2D eigenvalue weighted by atomic mass is 10.1. The van der Waals surface area contributed by atoms with Crippen LogP contribution in [0, 0.1) is 6.92 Å². The minimum atomic E-state index is -0.587. The summed E-state index contributed by atoms with van der Waals surface area (Å²) in [5, 5.41) is 6.05. The average Bonchev–Trinajstić information content (AvgIpc) is 3.07. The Labute approximate surface area is 172 Å². The van der Waals surface area contributed by atoms with Gasteiger partial charge in [0.15, 0.2) is 5.69 Å². The van der Waals surface area contributed by atoms with E-state index in [-0.39, 0.29) is 23.7 Å². The molecule has 0 spiro atoms. The van der Waals surface area contributed by atoms with Crippen LogP contribution in [0.25, 0.3) is 21.7 Å². The van der Waals surface area contributed by atoms with E-state index in [9.17, 15) is 14.4 Å². The molecule has 2 N–H and O–H groups in total. The maximum atomic E-state index is 12.7. The number of nitrogens with one attached hydrogen (secondary N) is 2. The van der Waals surface area contributed by atoms with Gasteiger partial charge in [0, 0.05) is 23.1 Å². The quantitative estimate of drug-likeness (QED) is 0.510. The predicted octanol–water partition coefficient (Wildman–Crippen LogP) is 2.14. The molecule has 0 bridgehead atoms. The van der Waals surface area contributed by atoms with Crippen LogP contribution in [0.3, 0.4) is 0 Å². The Balaban J connectivity index is 1.54. The van der Waals surface area contributed by atoms with Crippen molar-refractivity contribution in [3.05, 3.63) is 76.3 Å². The van der Waals surface area contributed by atoms with Gasteiger partial charge in [-0.2, -0.15) is 5.10 Å². The zero-order valence-corrected chi connectivity index (χ0v) is 16.7. The number of carbonyl (C=O) groups is 2. The molecule has 152 valence electrons. The van der Waals surface area contributed by atoms with Crippen molar-refractivity contribution in [2.75, 3.05) is 0 Å². The van der Waals surface area contributed by atoms with E-state index in [0.717, 1.165) is 16.6 Å². The van der Waals surface area contributed by atoms with Crippen LogP contribution in [0.1, 0.15) is 23.1 Å². The average molecular weight is 403 g/mol. The number of fused-ring (bicyclic) bond motifs is 2. The SMILES string of the molecule is CCn1nc(C(=O)NNC(=O)Cn2c(C)cc3ccccc32)c2ccccc2c1=O. The lowest BCUT2D eigenvalue weighted by Crippen LogP contribution is -2.44. The number of rotatable bonds is 4. The normalized spacial score (nSPS) is 11.0. The number of aryl methyl sites for hydroxylation is 2. The van der Waals surface area contributed by atoms with Crippen molar-refractivity contribution >= 4 is 33.5 Å². The Morgan fingerprint density at radius 3 is 2.47 bits per heavy atom. The van der Waals surface area contributed by atoms with Gasteiger partial charge in [0.1, 0.15) is 6.54 Å². The predicted molar refractivity (Wildman–Crippen MR) is 114 cm³/mol. The largest absolute Gasteiger partial charge is 0.335 e. The van der Waals surface area contributed by atoms with E-state index in [4.69, 9.17) is 0 Å². The number of aromatic nitrogens is 3. The number of hydrogen-bond donors (Lipinski definition) is 2. The highest BCUT2D eigenvalue weighted by atomic mass is 16.2. The number of hydrogen-bond acceptors (Lipinski definition) is 4. The first-order valence-electron chi connectivity index (χ1n) is 9.63. The molecule has 8 nitrogen and oxygen atoms in total. The third-order valence-electron chi connectivity index (χ3n) is 5.02. The molecule has 30 heavy (non-hydrogen) atoms. The fourth-order valence-electron chi connectivity index (χ4n) is 3.54. The smallest absolute Gasteiger partial charge is 0.290 e. The maximum absolute atomic E-state index is 12.7. The van der Waals surface area contributed by atoms with E-state index >= 15 is 0 Å². The Bertz CT molecular complexity index is 1340. The minimum absolute atomic E-state index is 0.0578. The van der Waals surface area contributed by atoms with Crippen LogP contribution in [-0.4, -0.2) is 26.2 Å². The van der Waals surface area contributed by atoms with Crippen LogP contribution < -0.4 is 16.4 Å². The van der Waals surface area contributed by atoms with Gasteiger partial charge in [0.25, 0.3) is 17.4 Å². The lowest BCUT2D eigenvalue weighted by Gasteiger charge is -2.12. The first kappa shape index (κ1) is 19.4. The Morgan fingerprint density at radius 1 is 1.00 bits per heavy atom. The molecular weight excluding hydrogens is 382 g/mol. The van der Waals surface area contributed by atoms with Gasteiger partial charge in [-0.05, 0) is 37.4 Å². The van der Waals surface area contributed by atoms with E-state index in [2.05, 4.69) is 16.0 Å². The molecule has 2 amide bonds. The fourth-order valence-corrected chi connectivity index (χ4v) is 3.54. The third kappa shape index (κ3) is 3.43. The van der Waals surface area contributed by atoms with E-state index in [1.165, 1.54) is 4.68 Å². The van der Waals surface area contributed by atoms with Crippen molar-refractivity contribution in [1.29, 1.82) is 0 Å². The van der Waals surface area contributed by atoms with Crippen LogP contribution in [-0.2, 0) is 17.9 Å². The van der Waals surface area contributed by atoms with Crippen LogP contribution in [0.5, 0.6) is 0 Å². The highest BCUT2D eigenvalue weighted by Gasteiger charge is 2.17. The molecular formula is C22H21N5O3. The van der Waals surface area contributed by atoms with Crippen LogP contribution in [0.15, 0.2) is 59.4 Å². The van der Waals surface area contributed by atoms with Gasteiger partial charge in [0.05, 0.1) is 5.39 Å². The molecule has 8 heteroatoms. The van der Waals surface area contributed by atoms with Gasteiger partial charge in [-0.25, -0.2) is 4.68 Å². The summed E-state index contributed by atoms with van der Waals surface area (Å²) in [6, 6.07) is 16.6. The van der Waals surface area contributed by atoms with Crippen molar-refractivity contribution in [3.8, 4) is 0 Å². The molecule has 2 aromatic heterocycles. The highest BCUT2D eigenvalue weighted by molar-refractivity contribution is 6.05. The number of nitrogens with zero attached hydrogens (tertiary/aromatic N) is 3. The zero-order valence-electron chi connectivity index (χ0n) is 16.7. The van der Waals surface area contributed by atoms with Crippen molar-refractivity contribution < 1.29 is 9.59 Å². The van der Waals surface area contributed by atoms with Gasteiger partial charge in [-0.1, -0.05) is 36.4 Å². The topological polar surface area (TPSA) is 98.0 Å². The maximum Gasteiger partial charge on any atom is 0.290 e. The molecule has 4 aromatic rings. The van der Waals surface area contributed by atoms with Gasteiger partial charge in [-0.15, -0.1) is 0 Å². The summed E-state index contributed by atoms with van der Waals surface area (Å²) in [4.78, 5) is 37.6. The molecule has 0 radical (unpaired) electrons. The summed E-state index contributed by atoms with van der Waals surface area (Å²) < 4.78 is 3.11. The number of hydrazine groups is 1.